The molecule has 0 bridgehead atoms. The minimum absolute atomic E-state index is 0.00897. The van der Waals surface area contributed by atoms with Crippen molar-refractivity contribution in [1.29, 1.82) is 0 Å². The van der Waals surface area contributed by atoms with Gasteiger partial charge in [-0.15, -0.1) is 11.3 Å². The number of carbonyl (C=O) groups is 1. The first-order valence-corrected chi connectivity index (χ1v) is 15.6. The van der Waals surface area contributed by atoms with Gasteiger partial charge in [-0.05, 0) is 87.0 Å². The van der Waals surface area contributed by atoms with E-state index >= 15 is 0 Å². The van der Waals surface area contributed by atoms with Crippen LogP contribution in [0.25, 0.3) is 10.4 Å². The number of hydrogen-bond donors (Lipinski definition) is 0. The van der Waals surface area contributed by atoms with Crippen LogP contribution in [-0.4, -0.2) is 65.3 Å². The molecule has 1 amide bonds. The third-order valence-corrected chi connectivity index (χ3v) is 9.78. The minimum Gasteiger partial charge on any atom is -0.483 e. The van der Waals surface area contributed by atoms with Crippen molar-refractivity contribution < 1.29 is 9.53 Å². The molecular formula is C34H43N5O2S. The van der Waals surface area contributed by atoms with Gasteiger partial charge in [0, 0.05) is 74.2 Å². The Kier molecular flexibility index (Phi) is 9.04. The zero-order valence-corrected chi connectivity index (χ0v) is 26.8. The summed E-state index contributed by atoms with van der Waals surface area (Å²) >= 11 is 1.74. The fourth-order valence-electron chi connectivity index (χ4n) is 5.95. The predicted molar refractivity (Wildman–Crippen MR) is 173 cm³/mol. The lowest BCUT2D eigenvalue weighted by molar-refractivity contribution is -0.134. The van der Waals surface area contributed by atoms with Crippen LogP contribution in [-0.2, 0) is 18.4 Å². The van der Waals surface area contributed by atoms with E-state index in [0.29, 0.717) is 0 Å². The molecule has 5 rings (SSSR count). The van der Waals surface area contributed by atoms with Crippen molar-refractivity contribution in [3.05, 3.63) is 87.6 Å². The van der Waals surface area contributed by atoms with Crippen LogP contribution < -0.4 is 9.64 Å². The van der Waals surface area contributed by atoms with Crippen LogP contribution in [0, 0.1) is 27.7 Å². The standard InChI is InChI=1S/C34H43N5O2S/c1-23-10-8-11-30(24(23)2)39-17-15-38(16-18-39)21-29-20-28(32-12-9-19-42-32)13-14-31(29)41-22-33(40)36(6)26(4)34-25(3)35-37(7)27(34)5/h8-14,19-20,26H,15-18,21-22H2,1-7H3/t26-/m1/s1. The van der Waals surface area contributed by atoms with Crippen LogP contribution in [0.4, 0.5) is 5.69 Å². The number of carbonyl (C=O) groups excluding carboxylic acids is 1. The lowest BCUT2D eigenvalue weighted by Gasteiger charge is -2.37. The molecule has 0 saturated carbocycles. The highest BCUT2D eigenvalue weighted by Crippen LogP contribution is 2.32. The van der Waals surface area contributed by atoms with Crippen molar-refractivity contribution in [2.45, 2.75) is 47.2 Å². The molecule has 1 saturated heterocycles. The number of ether oxygens (including phenoxy) is 1. The quantitative estimate of drug-likeness (QED) is 0.231. The van der Waals surface area contributed by atoms with E-state index in [1.165, 1.54) is 27.3 Å². The van der Waals surface area contributed by atoms with Crippen molar-refractivity contribution in [1.82, 2.24) is 19.6 Å². The molecule has 2 aromatic carbocycles. The number of nitrogens with zero attached hydrogens (tertiary/aromatic N) is 5. The average Bonchev–Trinajstić information content (AvgIpc) is 3.61. The summed E-state index contributed by atoms with van der Waals surface area (Å²) in [6, 6.07) is 17.1. The summed E-state index contributed by atoms with van der Waals surface area (Å²) in [4.78, 5) is 21.3. The summed E-state index contributed by atoms with van der Waals surface area (Å²) < 4.78 is 8.13. The minimum atomic E-state index is -0.0937. The summed E-state index contributed by atoms with van der Waals surface area (Å²) in [6.07, 6.45) is 0. The highest BCUT2D eigenvalue weighted by molar-refractivity contribution is 7.13. The van der Waals surface area contributed by atoms with E-state index in [2.05, 4.69) is 76.6 Å². The van der Waals surface area contributed by atoms with Crippen LogP contribution in [0.2, 0.25) is 0 Å². The SMILES string of the molecule is Cc1cccc(N2CCN(Cc3cc(-c4cccs4)ccc3OCC(=O)N(C)[C@H](C)c3c(C)nn(C)c3C)CC2)c1C. The molecule has 1 aliphatic rings. The van der Waals surface area contributed by atoms with Crippen LogP contribution in [0.5, 0.6) is 5.75 Å². The Balaban J connectivity index is 1.28. The monoisotopic (exact) mass is 585 g/mol. The van der Waals surface area contributed by atoms with Gasteiger partial charge in [-0.1, -0.05) is 18.2 Å². The Labute approximate surface area is 254 Å². The molecule has 42 heavy (non-hydrogen) atoms. The Hall–Kier alpha value is -3.62. The number of likely N-dealkylation sites (N-methyl/N-ethyl adjacent to an activating group) is 1. The Morgan fingerprint density at radius 1 is 1.05 bits per heavy atom. The average molecular weight is 586 g/mol. The number of hydrogen-bond acceptors (Lipinski definition) is 6. The van der Waals surface area contributed by atoms with Crippen LogP contribution in [0.1, 0.15) is 46.6 Å². The Morgan fingerprint density at radius 3 is 2.48 bits per heavy atom. The van der Waals surface area contributed by atoms with Gasteiger partial charge in [0.15, 0.2) is 6.61 Å². The molecule has 1 aliphatic heterocycles. The molecule has 0 unspecified atom stereocenters. The normalized spacial score (nSPS) is 14.7. The van der Waals surface area contributed by atoms with Gasteiger partial charge in [-0.25, -0.2) is 0 Å². The molecule has 0 N–H and O–H groups in total. The van der Waals surface area contributed by atoms with Crippen LogP contribution in [0.3, 0.4) is 0 Å². The van der Waals surface area contributed by atoms with Gasteiger partial charge in [-0.2, -0.15) is 5.10 Å². The zero-order valence-electron chi connectivity index (χ0n) is 26.0. The smallest absolute Gasteiger partial charge is 0.260 e. The van der Waals surface area contributed by atoms with Gasteiger partial charge in [-0.3, -0.25) is 14.4 Å². The van der Waals surface area contributed by atoms with Crippen LogP contribution in [0.15, 0.2) is 53.9 Å². The maximum atomic E-state index is 13.3. The number of anilines is 1. The molecule has 8 heteroatoms. The van der Waals surface area contributed by atoms with Crippen LogP contribution >= 0.6 is 11.3 Å². The van der Waals surface area contributed by atoms with Gasteiger partial charge < -0.3 is 14.5 Å². The second-order valence-corrected chi connectivity index (χ2v) is 12.4. The number of rotatable bonds is 9. The topological polar surface area (TPSA) is 53.8 Å². The Bertz CT molecular complexity index is 1540. The predicted octanol–water partition coefficient (Wildman–Crippen LogP) is 6.30. The highest BCUT2D eigenvalue weighted by atomic mass is 32.1. The lowest BCUT2D eigenvalue weighted by atomic mass is 10.1. The van der Waals surface area contributed by atoms with E-state index < -0.39 is 0 Å². The van der Waals surface area contributed by atoms with E-state index in [1.807, 2.05) is 45.6 Å². The van der Waals surface area contributed by atoms with Gasteiger partial charge in [0.25, 0.3) is 5.91 Å². The highest BCUT2D eigenvalue weighted by Gasteiger charge is 2.25. The van der Waals surface area contributed by atoms with E-state index in [9.17, 15) is 4.79 Å². The molecule has 0 radical (unpaired) electrons. The molecule has 3 heterocycles. The fraction of sp³-hybridized carbons (Fsp3) is 0.412. The molecule has 222 valence electrons. The molecule has 0 aliphatic carbocycles. The summed E-state index contributed by atoms with van der Waals surface area (Å²) in [5.41, 5.74) is 9.45. The fourth-order valence-corrected chi connectivity index (χ4v) is 6.68. The molecule has 1 fully saturated rings. The number of aromatic nitrogens is 2. The molecule has 1 atom stereocenters. The maximum absolute atomic E-state index is 13.3. The van der Waals surface area contributed by atoms with Gasteiger partial charge in [0.2, 0.25) is 0 Å². The first-order chi connectivity index (χ1) is 20.1. The van der Waals surface area contributed by atoms with Crippen molar-refractivity contribution in [2.24, 2.45) is 7.05 Å². The largest absolute Gasteiger partial charge is 0.483 e. The number of benzene rings is 2. The number of thiophene rings is 1. The maximum Gasteiger partial charge on any atom is 0.260 e. The summed E-state index contributed by atoms with van der Waals surface area (Å²) in [7, 11) is 3.78. The molecule has 2 aromatic heterocycles. The third kappa shape index (κ3) is 6.25. The third-order valence-electron chi connectivity index (χ3n) is 8.86. The van der Waals surface area contributed by atoms with E-state index in [0.717, 1.165) is 61.0 Å². The molecule has 7 nitrogen and oxygen atoms in total. The first-order valence-electron chi connectivity index (χ1n) is 14.7. The van der Waals surface area contributed by atoms with E-state index in [4.69, 9.17) is 4.74 Å². The lowest BCUT2D eigenvalue weighted by Crippen LogP contribution is -2.46. The molecule has 0 spiro atoms. The number of amides is 1. The molecular weight excluding hydrogens is 542 g/mol. The van der Waals surface area contributed by atoms with Gasteiger partial charge >= 0.3 is 0 Å². The number of aryl methyl sites for hydroxylation is 3. The Morgan fingerprint density at radius 2 is 1.81 bits per heavy atom. The summed E-state index contributed by atoms with van der Waals surface area (Å²) in [6.45, 7) is 15.2. The first kappa shape index (κ1) is 29.9. The van der Waals surface area contributed by atoms with E-state index in [1.54, 1.807) is 16.2 Å². The molecule has 4 aromatic rings. The second-order valence-electron chi connectivity index (χ2n) is 11.5. The zero-order chi connectivity index (χ0) is 30.0. The summed E-state index contributed by atoms with van der Waals surface area (Å²) in [5.74, 6) is 0.719. The second kappa shape index (κ2) is 12.7. The van der Waals surface area contributed by atoms with Crippen molar-refractivity contribution in [3.63, 3.8) is 0 Å². The van der Waals surface area contributed by atoms with Crippen molar-refractivity contribution in [3.8, 4) is 16.2 Å². The van der Waals surface area contributed by atoms with Crippen molar-refractivity contribution in [2.75, 3.05) is 44.7 Å². The summed E-state index contributed by atoms with van der Waals surface area (Å²) in [5, 5.41) is 6.64. The van der Waals surface area contributed by atoms with Crippen molar-refractivity contribution >= 4 is 22.9 Å². The van der Waals surface area contributed by atoms with Gasteiger partial charge in [0.05, 0.1) is 11.7 Å². The van der Waals surface area contributed by atoms with E-state index in [-0.39, 0.29) is 18.6 Å². The number of piperazine rings is 1. The van der Waals surface area contributed by atoms with Gasteiger partial charge in [0.1, 0.15) is 5.75 Å².